The number of hydrogen-bond acceptors (Lipinski definition) is 3. The number of methoxy groups -OCH3 is 1. The van der Waals surface area contributed by atoms with E-state index in [9.17, 15) is 0 Å². The molecule has 0 unspecified atom stereocenters. The molecule has 0 saturated heterocycles. The number of aromatic amines is 1. The highest BCUT2D eigenvalue weighted by molar-refractivity contribution is 6.31. The summed E-state index contributed by atoms with van der Waals surface area (Å²) in [5.41, 5.74) is 1.80. The van der Waals surface area contributed by atoms with Crippen LogP contribution in [0.2, 0.25) is 5.02 Å². The number of fused-ring (bicyclic) bond motifs is 1. The number of rotatable bonds is 6. The highest BCUT2D eigenvalue weighted by Crippen LogP contribution is 2.18. The van der Waals surface area contributed by atoms with Crippen molar-refractivity contribution >= 4 is 22.6 Å². The summed E-state index contributed by atoms with van der Waals surface area (Å²) in [6.07, 6.45) is 0.940. The maximum atomic E-state index is 5.97. The van der Waals surface area contributed by atoms with Crippen molar-refractivity contribution in [2.24, 2.45) is 0 Å². The molecule has 0 bridgehead atoms. The van der Waals surface area contributed by atoms with Crippen molar-refractivity contribution in [2.75, 3.05) is 7.11 Å². The van der Waals surface area contributed by atoms with Gasteiger partial charge in [-0.15, -0.1) is 0 Å². The first-order chi connectivity index (χ1) is 9.39. The lowest BCUT2D eigenvalue weighted by atomic mass is 10.00. The third-order valence-electron chi connectivity index (χ3n) is 3.46. The molecular weight excluding hydrogens is 274 g/mol. The minimum Gasteiger partial charge on any atom is -0.379 e. The van der Waals surface area contributed by atoms with E-state index in [2.05, 4.69) is 36.1 Å². The van der Waals surface area contributed by atoms with Crippen LogP contribution in [0.25, 0.3) is 11.0 Å². The molecule has 5 heteroatoms. The Morgan fingerprint density at radius 2 is 2.20 bits per heavy atom. The van der Waals surface area contributed by atoms with Crippen molar-refractivity contribution in [1.82, 2.24) is 15.3 Å². The van der Waals surface area contributed by atoms with Crippen LogP contribution in [0.5, 0.6) is 0 Å². The first-order valence-corrected chi connectivity index (χ1v) is 7.20. The Labute approximate surface area is 124 Å². The van der Waals surface area contributed by atoms with Gasteiger partial charge in [-0.25, -0.2) is 4.98 Å². The average Bonchev–Trinajstić information content (AvgIpc) is 2.78. The quantitative estimate of drug-likeness (QED) is 0.857. The summed E-state index contributed by atoms with van der Waals surface area (Å²) >= 11 is 5.97. The molecule has 2 N–H and O–H groups in total. The van der Waals surface area contributed by atoms with E-state index in [0.29, 0.717) is 12.6 Å². The maximum absolute atomic E-state index is 5.97. The van der Waals surface area contributed by atoms with Gasteiger partial charge in [-0.3, -0.25) is 0 Å². The van der Waals surface area contributed by atoms with Crippen LogP contribution in [0.3, 0.4) is 0 Å². The Morgan fingerprint density at radius 3 is 2.90 bits per heavy atom. The summed E-state index contributed by atoms with van der Waals surface area (Å²) in [5, 5.41) is 4.18. The fraction of sp³-hybridized carbons (Fsp3) is 0.533. The van der Waals surface area contributed by atoms with E-state index in [1.54, 1.807) is 7.11 Å². The van der Waals surface area contributed by atoms with Crippen LogP contribution in [0.1, 0.15) is 33.0 Å². The highest BCUT2D eigenvalue weighted by atomic mass is 35.5. The first kappa shape index (κ1) is 15.3. The van der Waals surface area contributed by atoms with Crippen molar-refractivity contribution in [2.45, 2.75) is 45.4 Å². The van der Waals surface area contributed by atoms with E-state index in [0.717, 1.165) is 28.3 Å². The third-order valence-corrected chi connectivity index (χ3v) is 3.70. The van der Waals surface area contributed by atoms with Gasteiger partial charge in [0.25, 0.3) is 0 Å². The molecule has 0 radical (unpaired) electrons. The molecule has 110 valence electrons. The van der Waals surface area contributed by atoms with E-state index in [-0.39, 0.29) is 5.60 Å². The second-order valence-electron chi connectivity index (χ2n) is 5.79. The van der Waals surface area contributed by atoms with Gasteiger partial charge >= 0.3 is 0 Å². The van der Waals surface area contributed by atoms with Crippen molar-refractivity contribution in [3.05, 3.63) is 29.0 Å². The zero-order valence-electron chi connectivity index (χ0n) is 12.5. The monoisotopic (exact) mass is 295 g/mol. The Bertz CT molecular complexity index is 580. The Balaban J connectivity index is 1.95. The largest absolute Gasteiger partial charge is 0.379 e. The van der Waals surface area contributed by atoms with Crippen LogP contribution in [0, 0.1) is 0 Å². The van der Waals surface area contributed by atoms with E-state index >= 15 is 0 Å². The van der Waals surface area contributed by atoms with E-state index in [1.807, 2.05) is 18.2 Å². The SMILES string of the molecule is COC(C)(C)C[C@H](C)NCc1nc2ccc(Cl)cc2[nH]1. The lowest BCUT2D eigenvalue weighted by Crippen LogP contribution is -2.35. The number of halogens is 1. The van der Waals surface area contributed by atoms with Crippen molar-refractivity contribution < 1.29 is 4.74 Å². The minimum absolute atomic E-state index is 0.117. The molecule has 1 aromatic heterocycles. The number of nitrogens with one attached hydrogen (secondary N) is 2. The number of ether oxygens (including phenoxy) is 1. The molecule has 20 heavy (non-hydrogen) atoms. The molecule has 0 aliphatic rings. The van der Waals surface area contributed by atoms with Crippen LogP contribution in [-0.2, 0) is 11.3 Å². The summed E-state index contributed by atoms with van der Waals surface area (Å²) in [6.45, 7) is 7.04. The predicted octanol–water partition coefficient (Wildman–Crippen LogP) is 3.51. The van der Waals surface area contributed by atoms with Gasteiger partial charge in [0.1, 0.15) is 5.82 Å². The van der Waals surface area contributed by atoms with Crippen LogP contribution in [0.4, 0.5) is 0 Å². The first-order valence-electron chi connectivity index (χ1n) is 6.82. The molecule has 0 spiro atoms. The fourth-order valence-corrected chi connectivity index (χ4v) is 2.45. The van der Waals surface area contributed by atoms with Gasteiger partial charge in [0.2, 0.25) is 0 Å². The number of benzene rings is 1. The van der Waals surface area contributed by atoms with Gasteiger partial charge in [-0.2, -0.15) is 0 Å². The van der Waals surface area contributed by atoms with Gasteiger partial charge in [-0.1, -0.05) is 11.6 Å². The molecule has 2 rings (SSSR count). The molecule has 0 aliphatic carbocycles. The molecule has 1 aromatic carbocycles. The second kappa shape index (κ2) is 6.12. The van der Waals surface area contributed by atoms with Crippen LogP contribution < -0.4 is 5.32 Å². The minimum atomic E-state index is -0.117. The molecular formula is C15H22ClN3O. The molecule has 1 atom stereocenters. The van der Waals surface area contributed by atoms with Gasteiger partial charge in [0.15, 0.2) is 0 Å². The second-order valence-corrected chi connectivity index (χ2v) is 6.23. The van der Waals surface area contributed by atoms with Crippen LogP contribution in [-0.4, -0.2) is 28.7 Å². The van der Waals surface area contributed by atoms with Crippen LogP contribution in [0.15, 0.2) is 18.2 Å². The molecule has 2 aromatic rings. The zero-order chi connectivity index (χ0) is 14.8. The zero-order valence-corrected chi connectivity index (χ0v) is 13.2. The molecule has 0 aliphatic heterocycles. The highest BCUT2D eigenvalue weighted by Gasteiger charge is 2.19. The fourth-order valence-electron chi connectivity index (χ4n) is 2.28. The lowest BCUT2D eigenvalue weighted by molar-refractivity contribution is 0.00840. The summed E-state index contributed by atoms with van der Waals surface area (Å²) < 4.78 is 5.44. The summed E-state index contributed by atoms with van der Waals surface area (Å²) in [7, 11) is 1.75. The topological polar surface area (TPSA) is 49.9 Å². The van der Waals surface area contributed by atoms with Crippen LogP contribution >= 0.6 is 11.6 Å². The van der Waals surface area contributed by atoms with Crippen molar-refractivity contribution in [3.63, 3.8) is 0 Å². The van der Waals surface area contributed by atoms with Gasteiger partial charge in [0, 0.05) is 18.2 Å². The number of aromatic nitrogens is 2. The van der Waals surface area contributed by atoms with Crippen molar-refractivity contribution in [1.29, 1.82) is 0 Å². The van der Waals surface area contributed by atoms with E-state index in [4.69, 9.17) is 16.3 Å². The number of H-pyrrole nitrogens is 1. The molecule has 0 fully saturated rings. The number of imidazole rings is 1. The Hall–Kier alpha value is -1.10. The standard InChI is InChI=1S/C15H22ClN3O/c1-10(8-15(2,3)20-4)17-9-14-18-12-6-5-11(16)7-13(12)19-14/h5-7,10,17H,8-9H2,1-4H3,(H,18,19)/t10-/m0/s1. The molecule has 4 nitrogen and oxygen atoms in total. The van der Waals surface area contributed by atoms with Crippen molar-refractivity contribution in [3.8, 4) is 0 Å². The van der Waals surface area contributed by atoms with Gasteiger partial charge in [0.05, 0.1) is 23.2 Å². The normalized spacial score (nSPS) is 13.8. The number of hydrogen-bond donors (Lipinski definition) is 2. The summed E-state index contributed by atoms with van der Waals surface area (Å²) in [6, 6.07) is 6.02. The molecule has 1 heterocycles. The smallest absolute Gasteiger partial charge is 0.121 e. The Morgan fingerprint density at radius 1 is 1.45 bits per heavy atom. The summed E-state index contributed by atoms with van der Waals surface area (Å²) in [4.78, 5) is 7.81. The lowest BCUT2D eigenvalue weighted by Gasteiger charge is -2.26. The Kier molecular flexibility index (Phi) is 4.68. The average molecular weight is 296 g/mol. The van der Waals surface area contributed by atoms with E-state index in [1.165, 1.54) is 0 Å². The molecule has 0 saturated carbocycles. The predicted molar refractivity (Wildman–Crippen MR) is 83.1 cm³/mol. The maximum Gasteiger partial charge on any atom is 0.121 e. The van der Waals surface area contributed by atoms with E-state index < -0.39 is 0 Å². The third kappa shape index (κ3) is 3.95. The molecule has 0 amide bonds. The number of nitrogens with zero attached hydrogens (tertiary/aromatic N) is 1. The van der Waals surface area contributed by atoms with Gasteiger partial charge in [-0.05, 0) is 45.4 Å². The van der Waals surface area contributed by atoms with Gasteiger partial charge < -0.3 is 15.0 Å². The summed E-state index contributed by atoms with van der Waals surface area (Å²) in [5.74, 6) is 0.921.